The molecule has 1 aliphatic rings. The van der Waals surface area contributed by atoms with E-state index in [0.29, 0.717) is 0 Å². The summed E-state index contributed by atoms with van der Waals surface area (Å²) in [7, 11) is 0. The summed E-state index contributed by atoms with van der Waals surface area (Å²) in [5, 5.41) is 8.45. The van der Waals surface area contributed by atoms with Crippen LogP contribution in [0.2, 0.25) is 0 Å². The third-order valence-electron chi connectivity index (χ3n) is 1.20. The molecule has 0 saturated carbocycles. The second-order valence-electron chi connectivity index (χ2n) is 2.04. The Morgan fingerprint density at radius 3 is 2.89 bits per heavy atom. The number of alkyl halides is 1. The fraction of sp³-hybridized carbons (Fsp3) is 0.500. The highest BCUT2D eigenvalue weighted by molar-refractivity contribution is 5.72. The molecule has 0 fully saturated rings. The Morgan fingerprint density at radius 2 is 2.56 bits per heavy atom. The topological polar surface area (TPSA) is 32.6 Å². The zero-order valence-electron chi connectivity index (χ0n) is 4.92. The van der Waals surface area contributed by atoms with E-state index in [9.17, 15) is 4.39 Å². The molecule has 50 valence electrons. The van der Waals surface area contributed by atoms with E-state index in [2.05, 4.69) is 4.99 Å². The number of hydrogen-bond donors (Lipinski definition) is 1. The van der Waals surface area contributed by atoms with Gasteiger partial charge in [0.2, 0.25) is 0 Å². The summed E-state index contributed by atoms with van der Waals surface area (Å²) >= 11 is 0. The highest BCUT2D eigenvalue weighted by atomic mass is 19.1. The number of hydrogen-bond acceptors (Lipinski definition) is 2. The molecule has 0 aromatic carbocycles. The van der Waals surface area contributed by atoms with Gasteiger partial charge in [0, 0.05) is 6.21 Å². The molecule has 1 atom stereocenters. The zero-order chi connectivity index (χ0) is 6.74. The van der Waals surface area contributed by atoms with Crippen molar-refractivity contribution in [2.45, 2.75) is 5.67 Å². The fourth-order valence-electron chi connectivity index (χ4n) is 0.636. The maximum absolute atomic E-state index is 12.9. The Labute approximate surface area is 52.7 Å². The highest BCUT2D eigenvalue weighted by Gasteiger charge is 2.25. The van der Waals surface area contributed by atoms with Crippen LogP contribution in [-0.4, -0.2) is 30.1 Å². The molecule has 3 heteroatoms. The first-order valence-corrected chi connectivity index (χ1v) is 2.74. The summed E-state index contributed by atoms with van der Waals surface area (Å²) in [6, 6.07) is 0. The second kappa shape index (κ2) is 2.27. The van der Waals surface area contributed by atoms with Gasteiger partial charge in [0.25, 0.3) is 0 Å². The van der Waals surface area contributed by atoms with E-state index in [1.807, 2.05) is 0 Å². The predicted molar refractivity (Wildman–Crippen MR) is 33.4 cm³/mol. The van der Waals surface area contributed by atoms with Crippen molar-refractivity contribution in [3.05, 3.63) is 12.2 Å². The molecule has 0 unspecified atom stereocenters. The van der Waals surface area contributed by atoms with Crippen LogP contribution >= 0.6 is 0 Å². The summed E-state index contributed by atoms with van der Waals surface area (Å²) in [4.78, 5) is 3.65. The van der Waals surface area contributed by atoms with Crippen LogP contribution in [0.4, 0.5) is 4.39 Å². The molecular weight excluding hydrogens is 121 g/mol. The van der Waals surface area contributed by atoms with Gasteiger partial charge in [-0.25, -0.2) is 4.39 Å². The SMILES string of the molecule is OC[C@@]1(F)C=CC=NC1. The Hall–Kier alpha value is -0.700. The monoisotopic (exact) mass is 129 g/mol. The van der Waals surface area contributed by atoms with Gasteiger partial charge in [-0.05, 0) is 12.2 Å². The number of rotatable bonds is 1. The lowest BCUT2D eigenvalue weighted by Gasteiger charge is -2.17. The van der Waals surface area contributed by atoms with Crippen LogP contribution < -0.4 is 0 Å². The van der Waals surface area contributed by atoms with Gasteiger partial charge < -0.3 is 5.11 Å². The number of allylic oxidation sites excluding steroid dienone is 1. The molecule has 0 aliphatic carbocycles. The fourth-order valence-corrected chi connectivity index (χ4v) is 0.636. The molecule has 1 N–H and O–H groups in total. The minimum absolute atomic E-state index is 0.0417. The number of halogens is 1. The van der Waals surface area contributed by atoms with Crippen LogP contribution in [0.25, 0.3) is 0 Å². The van der Waals surface area contributed by atoms with E-state index >= 15 is 0 Å². The van der Waals surface area contributed by atoms with Crippen LogP contribution in [0.5, 0.6) is 0 Å². The smallest absolute Gasteiger partial charge is 0.171 e. The molecule has 0 spiro atoms. The predicted octanol–water partition coefficient (Wildman–Crippen LogP) is 0.328. The maximum Gasteiger partial charge on any atom is 0.171 e. The third-order valence-corrected chi connectivity index (χ3v) is 1.20. The summed E-state index contributed by atoms with van der Waals surface area (Å²) in [6.07, 6.45) is 4.34. The second-order valence-corrected chi connectivity index (χ2v) is 2.04. The van der Waals surface area contributed by atoms with Crippen molar-refractivity contribution >= 4 is 6.21 Å². The standard InChI is InChI=1S/C6H8FNO/c7-6(5-9)2-1-3-8-4-6/h1-3,9H,4-5H2/t6-/m1/s1. The van der Waals surface area contributed by atoms with Crippen molar-refractivity contribution in [3.63, 3.8) is 0 Å². The molecule has 0 radical (unpaired) electrons. The molecule has 0 saturated heterocycles. The first-order chi connectivity index (χ1) is 4.27. The van der Waals surface area contributed by atoms with Crippen LogP contribution in [0.3, 0.4) is 0 Å². The van der Waals surface area contributed by atoms with Gasteiger partial charge in [-0.15, -0.1) is 0 Å². The number of aliphatic hydroxyl groups excluding tert-OH is 1. The van der Waals surface area contributed by atoms with E-state index in [0.717, 1.165) is 0 Å². The molecule has 2 nitrogen and oxygen atoms in total. The van der Waals surface area contributed by atoms with Gasteiger partial charge in [0.05, 0.1) is 13.2 Å². The molecule has 1 aliphatic heterocycles. The molecule has 0 bridgehead atoms. The number of aliphatic hydroxyl groups is 1. The van der Waals surface area contributed by atoms with Gasteiger partial charge in [-0.1, -0.05) is 0 Å². The maximum atomic E-state index is 12.9. The Morgan fingerprint density at radius 1 is 1.78 bits per heavy atom. The average molecular weight is 129 g/mol. The molecule has 1 rings (SSSR count). The average Bonchev–Trinajstić information content (AvgIpc) is 1.90. The first kappa shape index (κ1) is 6.42. The lowest BCUT2D eigenvalue weighted by Crippen LogP contribution is -2.30. The molecule has 0 amide bonds. The normalized spacial score (nSPS) is 33.1. The van der Waals surface area contributed by atoms with Gasteiger partial charge in [-0.2, -0.15) is 0 Å². The van der Waals surface area contributed by atoms with E-state index in [1.54, 1.807) is 0 Å². The summed E-state index contributed by atoms with van der Waals surface area (Å²) < 4.78 is 12.9. The minimum Gasteiger partial charge on any atom is -0.393 e. The van der Waals surface area contributed by atoms with Crippen LogP contribution in [0, 0.1) is 0 Å². The Kier molecular flexibility index (Phi) is 1.62. The zero-order valence-corrected chi connectivity index (χ0v) is 4.92. The minimum atomic E-state index is -1.60. The van der Waals surface area contributed by atoms with Crippen molar-refractivity contribution in [2.75, 3.05) is 13.2 Å². The number of dihydropyridines is 1. The van der Waals surface area contributed by atoms with Gasteiger partial charge in [0.15, 0.2) is 5.67 Å². The summed E-state index contributed by atoms with van der Waals surface area (Å²) in [5.41, 5.74) is -1.60. The van der Waals surface area contributed by atoms with Crippen molar-refractivity contribution < 1.29 is 9.50 Å². The molecule has 9 heavy (non-hydrogen) atoms. The Bertz CT molecular complexity index is 155. The summed E-state index contributed by atoms with van der Waals surface area (Å²) in [6.45, 7) is -0.444. The lowest BCUT2D eigenvalue weighted by molar-refractivity contribution is 0.121. The molecule has 1 heterocycles. The van der Waals surface area contributed by atoms with Crippen molar-refractivity contribution in [2.24, 2.45) is 4.99 Å². The first-order valence-electron chi connectivity index (χ1n) is 2.74. The van der Waals surface area contributed by atoms with Gasteiger partial charge in [0.1, 0.15) is 0 Å². The van der Waals surface area contributed by atoms with Crippen LogP contribution in [-0.2, 0) is 0 Å². The van der Waals surface area contributed by atoms with E-state index in [-0.39, 0.29) is 6.54 Å². The molecular formula is C6H8FNO. The van der Waals surface area contributed by atoms with Gasteiger partial charge >= 0.3 is 0 Å². The molecule has 0 aromatic rings. The quantitative estimate of drug-likeness (QED) is 0.543. The van der Waals surface area contributed by atoms with Crippen molar-refractivity contribution in [1.82, 2.24) is 0 Å². The summed E-state index contributed by atoms with van der Waals surface area (Å²) in [5.74, 6) is 0. The van der Waals surface area contributed by atoms with E-state index < -0.39 is 12.3 Å². The third kappa shape index (κ3) is 1.36. The van der Waals surface area contributed by atoms with Gasteiger partial charge in [-0.3, -0.25) is 4.99 Å². The van der Waals surface area contributed by atoms with E-state index in [4.69, 9.17) is 5.11 Å². The number of nitrogens with zero attached hydrogens (tertiary/aromatic N) is 1. The molecule has 0 aromatic heterocycles. The lowest BCUT2D eigenvalue weighted by atomic mass is 10.1. The van der Waals surface area contributed by atoms with Crippen molar-refractivity contribution in [3.8, 4) is 0 Å². The Balaban J connectivity index is 2.63. The van der Waals surface area contributed by atoms with Crippen LogP contribution in [0.1, 0.15) is 0 Å². The highest BCUT2D eigenvalue weighted by Crippen LogP contribution is 2.14. The largest absolute Gasteiger partial charge is 0.393 e. The van der Waals surface area contributed by atoms with Crippen molar-refractivity contribution in [1.29, 1.82) is 0 Å². The van der Waals surface area contributed by atoms with E-state index in [1.165, 1.54) is 18.4 Å². The van der Waals surface area contributed by atoms with Crippen LogP contribution in [0.15, 0.2) is 17.1 Å². The number of aliphatic imine (C=N–C) groups is 1.